The van der Waals surface area contributed by atoms with Gasteiger partial charge in [-0.3, -0.25) is 28.8 Å². The molecule has 0 bridgehead atoms. The molecule has 0 saturated carbocycles. The second-order valence-corrected chi connectivity index (χ2v) is 11.1. The summed E-state index contributed by atoms with van der Waals surface area (Å²) in [6, 6.07) is 13.8. The van der Waals surface area contributed by atoms with E-state index in [9.17, 15) is 33.8 Å². The Bertz CT molecular complexity index is 1230. The molecular weight excluding hydrogens is 478 g/mol. The summed E-state index contributed by atoms with van der Waals surface area (Å²) in [6.07, 6.45) is -0.585. The SMILES string of the molecule is CC1(C)S(=O)[C@]2(NC(=O)COc3ccccc3)CC(=O)N2C1(Cc1ccc([N+](=O)[O-])cc1)C(=O)O. The van der Waals surface area contributed by atoms with Crippen LogP contribution in [-0.2, 0) is 31.6 Å². The number of nitrogens with one attached hydrogen (secondary N) is 1. The minimum Gasteiger partial charge on any atom is -0.484 e. The Morgan fingerprint density at radius 2 is 1.80 bits per heavy atom. The van der Waals surface area contributed by atoms with Gasteiger partial charge in [0.25, 0.3) is 11.6 Å². The van der Waals surface area contributed by atoms with Crippen LogP contribution in [0.2, 0.25) is 0 Å². The number of benzene rings is 2. The molecule has 2 aliphatic rings. The first-order valence-electron chi connectivity index (χ1n) is 10.7. The lowest BCUT2D eigenvalue weighted by Crippen LogP contribution is -2.77. The lowest BCUT2D eigenvalue weighted by molar-refractivity contribution is -0.384. The molecule has 4 rings (SSSR count). The summed E-state index contributed by atoms with van der Waals surface area (Å²) in [7, 11) is -2.02. The van der Waals surface area contributed by atoms with Gasteiger partial charge in [-0.05, 0) is 31.5 Å². The number of carboxylic acid groups (broad SMARTS) is 1. The van der Waals surface area contributed by atoms with E-state index in [0.717, 1.165) is 4.90 Å². The number of aliphatic carboxylic acids is 1. The maximum Gasteiger partial charge on any atom is 0.331 e. The number of hydrogen-bond donors (Lipinski definition) is 2. The summed E-state index contributed by atoms with van der Waals surface area (Å²) >= 11 is 0. The van der Waals surface area contributed by atoms with Crippen LogP contribution in [0.1, 0.15) is 25.8 Å². The number of carbonyl (C=O) groups excluding carboxylic acids is 2. The van der Waals surface area contributed by atoms with Gasteiger partial charge in [0.05, 0.1) is 26.9 Å². The average molecular weight is 502 g/mol. The van der Waals surface area contributed by atoms with E-state index in [0.29, 0.717) is 11.3 Å². The first-order chi connectivity index (χ1) is 16.5. The molecule has 2 unspecified atom stereocenters. The van der Waals surface area contributed by atoms with Crippen molar-refractivity contribution in [3.63, 3.8) is 0 Å². The van der Waals surface area contributed by atoms with Crippen LogP contribution in [0.4, 0.5) is 5.69 Å². The van der Waals surface area contributed by atoms with Crippen LogP contribution < -0.4 is 10.1 Å². The van der Waals surface area contributed by atoms with Gasteiger partial charge in [-0.15, -0.1) is 0 Å². The van der Waals surface area contributed by atoms with Crippen molar-refractivity contribution < 1.29 is 33.4 Å². The van der Waals surface area contributed by atoms with Gasteiger partial charge in [0.1, 0.15) is 5.75 Å². The van der Waals surface area contributed by atoms with E-state index in [1.54, 1.807) is 30.3 Å². The number of fused-ring (bicyclic) bond motifs is 1. The molecule has 12 heteroatoms. The van der Waals surface area contributed by atoms with E-state index in [4.69, 9.17) is 4.74 Å². The minimum atomic E-state index is -2.02. The van der Waals surface area contributed by atoms with E-state index in [1.807, 2.05) is 0 Å². The molecule has 2 aliphatic heterocycles. The number of ether oxygens (including phenoxy) is 1. The zero-order valence-electron chi connectivity index (χ0n) is 18.9. The Balaban J connectivity index is 1.66. The van der Waals surface area contributed by atoms with Gasteiger partial charge in [0, 0.05) is 18.6 Å². The first kappa shape index (κ1) is 24.3. The first-order valence-corrected chi connectivity index (χ1v) is 11.8. The predicted molar refractivity (Wildman–Crippen MR) is 124 cm³/mol. The largest absolute Gasteiger partial charge is 0.484 e. The fourth-order valence-electron chi connectivity index (χ4n) is 4.81. The summed E-state index contributed by atoms with van der Waals surface area (Å²) in [5, 5.41) is 24.0. The minimum absolute atomic E-state index is 0.174. The van der Waals surface area contributed by atoms with Gasteiger partial charge in [0.2, 0.25) is 10.9 Å². The molecule has 2 fully saturated rings. The van der Waals surface area contributed by atoms with E-state index < -0.39 is 55.4 Å². The number of β-lactam (4-membered cyclic amide) rings is 1. The molecule has 2 N–H and O–H groups in total. The van der Waals surface area contributed by atoms with Crippen LogP contribution in [0.3, 0.4) is 0 Å². The predicted octanol–water partition coefficient (Wildman–Crippen LogP) is 1.58. The Morgan fingerprint density at radius 1 is 1.17 bits per heavy atom. The molecule has 11 nitrogen and oxygen atoms in total. The van der Waals surface area contributed by atoms with Crippen LogP contribution in [0.25, 0.3) is 0 Å². The van der Waals surface area contributed by atoms with E-state index in [-0.39, 0.29) is 18.5 Å². The monoisotopic (exact) mass is 501 g/mol. The normalized spacial score (nSPS) is 26.4. The van der Waals surface area contributed by atoms with Gasteiger partial charge in [0.15, 0.2) is 12.1 Å². The number of non-ortho nitro benzene ring substituents is 1. The Hall–Kier alpha value is -3.80. The molecular formula is C23H23N3O8S. The van der Waals surface area contributed by atoms with Crippen LogP contribution in [0.15, 0.2) is 54.6 Å². The van der Waals surface area contributed by atoms with Gasteiger partial charge >= 0.3 is 5.97 Å². The fourth-order valence-corrected chi connectivity index (χ4v) is 7.09. The van der Waals surface area contributed by atoms with Crippen molar-refractivity contribution in [2.45, 2.75) is 42.0 Å². The third kappa shape index (κ3) is 3.64. The molecule has 2 aromatic rings. The lowest BCUT2D eigenvalue weighted by Gasteiger charge is -2.51. The number of carbonyl (C=O) groups is 3. The zero-order valence-corrected chi connectivity index (χ0v) is 19.7. The van der Waals surface area contributed by atoms with Crippen LogP contribution >= 0.6 is 0 Å². The van der Waals surface area contributed by atoms with E-state index >= 15 is 0 Å². The summed E-state index contributed by atoms with van der Waals surface area (Å²) in [6.45, 7) is 2.53. The molecule has 2 heterocycles. The lowest BCUT2D eigenvalue weighted by atomic mass is 9.76. The number of nitrogens with zero attached hydrogens (tertiary/aromatic N) is 2. The third-order valence-corrected chi connectivity index (χ3v) is 8.87. The number of nitro benzene ring substituents is 1. The summed E-state index contributed by atoms with van der Waals surface area (Å²) in [5.41, 5.74) is -1.75. The molecule has 2 aromatic carbocycles. The fraction of sp³-hybridized carbons (Fsp3) is 0.348. The second-order valence-electron chi connectivity index (χ2n) is 8.89. The number of para-hydroxylation sites is 1. The standard InChI is InChI=1S/C23H23N3O8S/c1-21(2)22(20(29)30,12-15-8-10-16(11-9-15)26(31)32)25-19(28)13-23(25,35(21)33)24-18(27)14-34-17-6-4-3-5-7-17/h3-11H,12-14H2,1-2H3,(H,24,27)(H,29,30)/t22?,23-,35?/m0/s1. The molecule has 3 atom stereocenters. The highest BCUT2D eigenvalue weighted by atomic mass is 32.2. The molecule has 0 aliphatic carbocycles. The molecule has 0 radical (unpaired) electrons. The number of hydrogen-bond acceptors (Lipinski definition) is 7. The van der Waals surface area contributed by atoms with Crippen molar-refractivity contribution in [3.05, 3.63) is 70.3 Å². The zero-order chi connectivity index (χ0) is 25.6. The van der Waals surface area contributed by atoms with Gasteiger partial charge in [-0.2, -0.15) is 0 Å². The van der Waals surface area contributed by atoms with Gasteiger partial charge < -0.3 is 15.2 Å². The summed E-state index contributed by atoms with van der Waals surface area (Å²) in [5.74, 6) is -2.18. The third-order valence-electron chi connectivity index (χ3n) is 6.56. The Labute approximate surface area is 202 Å². The number of amides is 2. The Kier molecular flexibility index (Phi) is 5.87. The van der Waals surface area contributed by atoms with Crippen molar-refractivity contribution >= 4 is 34.3 Å². The highest BCUT2D eigenvalue weighted by Crippen LogP contribution is 2.56. The topological polar surface area (TPSA) is 156 Å². The smallest absolute Gasteiger partial charge is 0.331 e. The van der Waals surface area contributed by atoms with E-state index in [2.05, 4.69) is 5.32 Å². The molecule has 0 aromatic heterocycles. The molecule has 2 saturated heterocycles. The van der Waals surface area contributed by atoms with Crippen LogP contribution in [-0.4, -0.2) is 58.8 Å². The van der Waals surface area contributed by atoms with Gasteiger partial charge in [-0.25, -0.2) is 4.79 Å². The molecule has 2 amide bonds. The summed E-state index contributed by atoms with van der Waals surface area (Å²) < 4.78 is 17.7. The number of rotatable bonds is 8. The van der Waals surface area contributed by atoms with Crippen molar-refractivity contribution in [2.24, 2.45) is 0 Å². The maximum absolute atomic E-state index is 13.7. The van der Waals surface area contributed by atoms with Crippen molar-refractivity contribution in [2.75, 3.05) is 6.61 Å². The van der Waals surface area contributed by atoms with Crippen LogP contribution in [0.5, 0.6) is 5.75 Å². The summed E-state index contributed by atoms with van der Waals surface area (Å²) in [4.78, 5) is 48.0. The van der Waals surface area contributed by atoms with Crippen molar-refractivity contribution in [1.82, 2.24) is 10.2 Å². The highest BCUT2D eigenvalue weighted by Gasteiger charge is 2.80. The average Bonchev–Trinajstić information content (AvgIpc) is 2.92. The molecule has 35 heavy (non-hydrogen) atoms. The highest BCUT2D eigenvalue weighted by molar-refractivity contribution is 7.88. The second kappa shape index (κ2) is 8.45. The van der Waals surface area contributed by atoms with Gasteiger partial charge in [-0.1, -0.05) is 30.3 Å². The number of carboxylic acids is 1. The molecule has 0 spiro atoms. The maximum atomic E-state index is 13.7. The van der Waals surface area contributed by atoms with Crippen molar-refractivity contribution in [1.29, 1.82) is 0 Å². The quantitative estimate of drug-likeness (QED) is 0.314. The molecule has 184 valence electrons. The van der Waals surface area contributed by atoms with Crippen LogP contribution in [0, 0.1) is 10.1 Å². The Morgan fingerprint density at radius 3 is 2.34 bits per heavy atom. The van der Waals surface area contributed by atoms with E-state index in [1.165, 1.54) is 38.1 Å². The van der Waals surface area contributed by atoms with Crippen molar-refractivity contribution in [3.8, 4) is 5.75 Å². The number of nitro groups is 1.